The van der Waals surface area contributed by atoms with Crippen molar-refractivity contribution in [2.45, 2.75) is 58.6 Å². The van der Waals surface area contributed by atoms with Gasteiger partial charge < -0.3 is 19.5 Å². The summed E-state index contributed by atoms with van der Waals surface area (Å²) in [5.74, 6) is 0.732. The number of hydrogen-bond acceptors (Lipinski definition) is 5. The van der Waals surface area contributed by atoms with Gasteiger partial charge in [-0.3, -0.25) is 9.89 Å². The number of H-pyrrole nitrogens is 1. The number of rotatable bonds is 12. The molecule has 1 aliphatic heterocycles. The van der Waals surface area contributed by atoms with Crippen molar-refractivity contribution >= 4 is 17.5 Å². The lowest BCUT2D eigenvalue weighted by molar-refractivity contribution is 0.0601. The minimum atomic E-state index is -0.368. The standard InChI is InChI=1S/C28H34ClN3O4/c1-4-5-6-15-36-21-11-8-19(9-12-21)27-24-25(22-17-20(29)10-13-23(22)33)30-31-26(24)28(34)32(27)14-7-16-35-18(2)3/h8-13,17-18,27,33H,4-7,14-16H2,1-3H3,(H,30,31). The fraction of sp³-hybridized carbons (Fsp3) is 0.429. The summed E-state index contributed by atoms with van der Waals surface area (Å²) in [5, 5.41) is 18.4. The van der Waals surface area contributed by atoms with Crippen LogP contribution in [-0.2, 0) is 4.74 Å². The van der Waals surface area contributed by atoms with E-state index in [2.05, 4.69) is 17.1 Å². The molecule has 0 radical (unpaired) electrons. The second-order valence-electron chi connectivity index (χ2n) is 9.32. The number of aromatic nitrogens is 2. The largest absolute Gasteiger partial charge is 0.507 e. The predicted molar refractivity (Wildman–Crippen MR) is 141 cm³/mol. The van der Waals surface area contributed by atoms with Crippen molar-refractivity contribution in [3.63, 3.8) is 0 Å². The molecular formula is C28H34ClN3O4. The van der Waals surface area contributed by atoms with Crippen molar-refractivity contribution < 1.29 is 19.4 Å². The Labute approximate surface area is 217 Å². The highest BCUT2D eigenvalue weighted by Gasteiger charge is 2.42. The molecule has 2 aromatic carbocycles. The van der Waals surface area contributed by atoms with E-state index in [0.29, 0.717) is 48.2 Å². The van der Waals surface area contributed by atoms with E-state index < -0.39 is 0 Å². The first-order chi connectivity index (χ1) is 17.4. The fourth-order valence-electron chi connectivity index (χ4n) is 4.52. The highest BCUT2D eigenvalue weighted by molar-refractivity contribution is 6.31. The maximum Gasteiger partial charge on any atom is 0.273 e. The van der Waals surface area contributed by atoms with Gasteiger partial charge in [0, 0.05) is 29.3 Å². The summed E-state index contributed by atoms with van der Waals surface area (Å²) in [4.78, 5) is 15.3. The summed E-state index contributed by atoms with van der Waals surface area (Å²) in [6.45, 7) is 7.93. The number of nitrogens with zero attached hydrogens (tertiary/aromatic N) is 2. The molecule has 0 fully saturated rings. The molecule has 192 valence electrons. The number of amides is 1. The molecule has 1 atom stereocenters. The van der Waals surface area contributed by atoms with Crippen LogP contribution in [0, 0.1) is 0 Å². The summed E-state index contributed by atoms with van der Waals surface area (Å²) in [6, 6.07) is 12.3. The third kappa shape index (κ3) is 5.68. The number of unbranched alkanes of at least 4 members (excludes halogenated alkanes) is 2. The van der Waals surface area contributed by atoms with Crippen molar-refractivity contribution in [1.82, 2.24) is 15.1 Å². The van der Waals surface area contributed by atoms with Crippen molar-refractivity contribution in [2.24, 2.45) is 0 Å². The van der Waals surface area contributed by atoms with Gasteiger partial charge in [-0.05, 0) is 62.6 Å². The Morgan fingerprint density at radius 3 is 2.61 bits per heavy atom. The van der Waals surface area contributed by atoms with Gasteiger partial charge in [-0.15, -0.1) is 0 Å². The van der Waals surface area contributed by atoms with Gasteiger partial charge >= 0.3 is 0 Å². The van der Waals surface area contributed by atoms with Crippen LogP contribution in [-0.4, -0.2) is 52.0 Å². The molecule has 0 saturated heterocycles. The Balaban J connectivity index is 1.67. The van der Waals surface area contributed by atoms with E-state index in [1.807, 2.05) is 43.0 Å². The summed E-state index contributed by atoms with van der Waals surface area (Å²) in [5.41, 5.74) is 3.11. The molecule has 1 aromatic heterocycles. The Hall–Kier alpha value is -3.03. The number of carbonyl (C=O) groups is 1. The molecule has 1 aliphatic rings. The van der Waals surface area contributed by atoms with Crippen molar-refractivity contribution in [3.05, 3.63) is 64.3 Å². The van der Waals surface area contributed by atoms with Gasteiger partial charge in [-0.2, -0.15) is 5.10 Å². The first-order valence-electron chi connectivity index (χ1n) is 12.6. The maximum absolute atomic E-state index is 13.5. The van der Waals surface area contributed by atoms with Crippen LogP contribution in [0.3, 0.4) is 0 Å². The minimum Gasteiger partial charge on any atom is -0.507 e. The SMILES string of the molecule is CCCCCOc1ccc(C2c3c(-c4cc(Cl)ccc4O)n[nH]c3C(=O)N2CCCOC(C)C)cc1. The van der Waals surface area contributed by atoms with Crippen LogP contribution in [0.2, 0.25) is 5.02 Å². The lowest BCUT2D eigenvalue weighted by Gasteiger charge is -2.27. The lowest BCUT2D eigenvalue weighted by Crippen LogP contribution is -2.31. The van der Waals surface area contributed by atoms with E-state index in [4.69, 9.17) is 21.1 Å². The monoisotopic (exact) mass is 511 g/mol. The quantitative estimate of drug-likeness (QED) is 0.276. The van der Waals surface area contributed by atoms with E-state index in [0.717, 1.165) is 36.1 Å². The summed E-state index contributed by atoms with van der Waals surface area (Å²) >= 11 is 6.23. The zero-order chi connectivity index (χ0) is 25.7. The van der Waals surface area contributed by atoms with Crippen molar-refractivity contribution in [2.75, 3.05) is 19.8 Å². The average molecular weight is 512 g/mol. The third-order valence-corrected chi connectivity index (χ3v) is 6.52. The molecule has 1 amide bonds. The van der Waals surface area contributed by atoms with Gasteiger partial charge in [-0.25, -0.2) is 0 Å². The summed E-state index contributed by atoms with van der Waals surface area (Å²) in [7, 11) is 0. The van der Waals surface area contributed by atoms with Gasteiger partial charge in [0.1, 0.15) is 22.9 Å². The van der Waals surface area contributed by atoms with Gasteiger partial charge in [0.05, 0.1) is 18.8 Å². The normalized spacial score (nSPS) is 15.1. The topological polar surface area (TPSA) is 87.7 Å². The Bertz CT molecular complexity index is 1180. The highest BCUT2D eigenvalue weighted by atomic mass is 35.5. The average Bonchev–Trinajstić information content (AvgIpc) is 3.40. The summed E-state index contributed by atoms with van der Waals surface area (Å²) < 4.78 is 11.6. The fourth-order valence-corrected chi connectivity index (χ4v) is 4.69. The van der Waals surface area contributed by atoms with Gasteiger partial charge in [0.25, 0.3) is 5.91 Å². The third-order valence-electron chi connectivity index (χ3n) is 6.28. The Morgan fingerprint density at radius 1 is 1.11 bits per heavy atom. The number of hydrogen-bond donors (Lipinski definition) is 2. The number of benzene rings is 2. The second-order valence-corrected chi connectivity index (χ2v) is 9.76. The zero-order valence-corrected chi connectivity index (χ0v) is 21.8. The van der Waals surface area contributed by atoms with E-state index >= 15 is 0 Å². The van der Waals surface area contributed by atoms with E-state index in [9.17, 15) is 9.90 Å². The number of ether oxygens (including phenoxy) is 2. The van der Waals surface area contributed by atoms with Crippen LogP contribution in [0.5, 0.6) is 11.5 Å². The Kier molecular flexibility index (Phi) is 8.54. The first-order valence-corrected chi connectivity index (χ1v) is 13.0. The Morgan fingerprint density at radius 2 is 1.89 bits per heavy atom. The maximum atomic E-state index is 13.5. The molecule has 2 N–H and O–H groups in total. The van der Waals surface area contributed by atoms with E-state index in [1.54, 1.807) is 12.1 Å². The molecule has 0 saturated carbocycles. The first kappa shape index (κ1) is 26.0. The molecular weight excluding hydrogens is 478 g/mol. The van der Waals surface area contributed by atoms with Crippen molar-refractivity contribution in [1.29, 1.82) is 0 Å². The van der Waals surface area contributed by atoms with Crippen LogP contribution in [0.15, 0.2) is 42.5 Å². The lowest BCUT2D eigenvalue weighted by atomic mass is 9.95. The molecule has 7 nitrogen and oxygen atoms in total. The molecule has 1 unspecified atom stereocenters. The molecule has 4 rings (SSSR count). The van der Waals surface area contributed by atoms with Gasteiger partial charge in [0.2, 0.25) is 0 Å². The number of fused-ring (bicyclic) bond motifs is 1. The van der Waals surface area contributed by atoms with Gasteiger partial charge in [0.15, 0.2) is 0 Å². The summed E-state index contributed by atoms with van der Waals surface area (Å²) in [6.07, 6.45) is 4.14. The minimum absolute atomic E-state index is 0.0551. The highest BCUT2D eigenvalue weighted by Crippen LogP contribution is 2.45. The molecule has 2 heterocycles. The molecule has 8 heteroatoms. The van der Waals surface area contributed by atoms with Crippen molar-refractivity contribution in [3.8, 4) is 22.8 Å². The molecule has 36 heavy (non-hydrogen) atoms. The van der Waals surface area contributed by atoms with E-state index in [1.165, 1.54) is 6.07 Å². The van der Waals surface area contributed by atoms with Crippen LogP contribution in [0.25, 0.3) is 11.3 Å². The number of carbonyl (C=O) groups excluding carboxylic acids is 1. The van der Waals surface area contributed by atoms with Crippen LogP contribution < -0.4 is 4.74 Å². The molecule has 0 spiro atoms. The van der Waals surface area contributed by atoms with Crippen LogP contribution in [0.4, 0.5) is 0 Å². The number of phenols is 1. The number of nitrogens with one attached hydrogen (secondary N) is 1. The molecule has 3 aromatic rings. The van der Waals surface area contributed by atoms with Crippen LogP contribution in [0.1, 0.15) is 74.1 Å². The molecule has 0 aliphatic carbocycles. The molecule has 0 bridgehead atoms. The smallest absolute Gasteiger partial charge is 0.273 e. The number of aromatic hydroxyl groups is 1. The van der Waals surface area contributed by atoms with E-state index in [-0.39, 0.29) is 23.8 Å². The second kappa shape index (κ2) is 11.8. The number of aromatic amines is 1. The van der Waals surface area contributed by atoms with Gasteiger partial charge in [-0.1, -0.05) is 43.5 Å². The number of halogens is 1. The zero-order valence-electron chi connectivity index (χ0n) is 21.1. The number of phenolic OH excluding ortho intramolecular Hbond substituents is 1. The predicted octanol–water partition coefficient (Wildman–Crippen LogP) is 6.37. The van der Waals surface area contributed by atoms with Crippen LogP contribution >= 0.6 is 11.6 Å².